The SMILES string of the molecule is CCN(CC)Cc1nc(Nc2ccc(-c3cnc4cc(F)ccn34)c3c2C(=O)NC3)ccc1C1CCOC1.CN(C)CC1(F)CCCN(c2ccc(Nc3ccc(-c4cnc5cc(F)ccn45)c4c3C(=O)NC4)nc2)C1.O=C1NCc2c(-c3cnc4cc(F)ccn34)ccc(Nc3ccc(C4CCOC4)c(CN4CCCC4)n3)c21. The maximum atomic E-state index is 15.4. The van der Waals surface area contributed by atoms with E-state index in [1.54, 1.807) is 47.8 Å². The molecule has 24 nitrogen and oxygen atoms in total. The Morgan fingerprint density at radius 3 is 1.40 bits per heavy atom. The number of piperidine rings is 1. The van der Waals surface area contributed by atoms with Crippen molar-refractivity contribution in [1.29, 1.82) is 0 Å². The Balaban J connectivity index is 0.000000124. The van der Waals surface area contributed by atoms with Crippen molar-refractivity contribution in [2.24, 2.45) is 0 Å². The van der Waals surface area contributed by atoms with Crippen molar-refractivity contribution in [2.75, 3.05) is 107 Å². The van der Waals surface area contributed by atoms with E-state index >= 15 is 4.39 Å². The highest BCUT2D eigenvalue weighted by Crippen LogP contribution is 2.42. The normalized spacial score (nSPS) is 18.4. The molecule has 586 valence electrons. The smallest absolute Gasteiger partial charge is 0.254 e. The van der Waals surface area contributed by atoms with E-state index in [9.17, 15) is 27.6 Å². The minimum atomic E-state index is -1.25. The van der Waals surface area contributed by atoms with Crippen molar-refractivity contribution in [1.82, 2.24) is 73.8 Å². The monoisotopic (exact) mass is 1540 g/mol. The van der Waals surface area contributed by atoms with Gasteiger partial charge in [-0.05, 0) is 167 Å². The highest BCUT2D eigenvalue weighted by Gasteiger charge is 2.38. The number of aromatic nitrogens is 9. The third-order valence-corrected chi connectivity index (χ3v) is 22.8. The van der Waals surface area contributed by atoms with Crippen molar-refractivity contribution in [3.05, 3.63) is 226 Å². The van der Waals surface area contributed by atoms with Crippen LogP contribution in [-0.4, -0.2) is 168 Å². The fourth-order valence-corrected chi connectivity index (χ4v) is 17.1. The molecule has 3 amide bonds. The molecule has 3 atom stereocenters. The topological polar surface area (TPSA) is 245 Å². The summed E-state index contributed by atoms with van der Waals surface area (Å²) in [7, 11) is 3.79. The van der Waals surface area contributed by atoms with Gasteiger partial charge in [-0.25, -0.2) is 47.5 Å². The fraction of sp³-hybridized carbons (Fsp3) is 0.337. The minimum Gasteiger partial charge on any atom is -0.381 e. The van der Waals surface area contributed by atoms with Gasteiger partial charge in [0.15, 0.2) is 0 Å². The number of rotatable bonds is 20. The molecule has 7 aliphatic rings. The maximum Gasteiger partial charge on any atom is 0.254 e. The number of fused-ring (bicyclic) bond motifs is 6. The number of amides is 3. The predicted molar refractivity (Wildman–Crippen MR) is 429 cm³/mol. The number of nitrogens with zero attached hydrogens (tertiary/aromatic N) is 13. The number of halogens is 4. The Bertz CT molecular complexity index is 5440. The molecule has 19 rings (SSSR count). The van der Waals surface area contributed by atoms with Crippen LogP contribution >= 0.6 is 0 Å². The van der Waals surface area contributed by atoms with E-state index in [2.05, 4.69) is 87.6 Å². The van der Waals surface area contributed by atoms with Crippen molar-refractivity contribution in [2.45, 2.75) is 103 Å². The van der Waals surface area contributed by atoms with Crippen LogP contribution in [0.2, 0.25) is 0 Å². The Labute approximate surface area is 656 Å². The number of carbonyl (C=O) groups excluding carboxylic acids is 3. The number of nitrogens with one attached hydrogen (secondary N) is 6. The molecule has 3 unspecified atom stereocenters. The van der Waals surface area contributed by atoms with Gasteiger partial charge in [-0.2, -0.15) is 0 Å². The fourth-order valence-electron chi connectivity index (χ4n) is 17.1. The number of carbonyl (C=O) groups is 3. The maximum absolute atomic E-state index is 15.4. The summed E-state index contributed by atoms with van der Waals surface area (Å²) in [5.74, 6) is 1.30. The van der Waals surface area contributed by atoms with E-state index in [0.717, 1.165) is 171 Å². The molecule has 0 bridgehead atoms. The van der Waals surface area contributed by atoms with Crippen molar-refractivity contribution >= 4 is 74.9 Å². The van der Waals surface area contributed by atoms with Gasteiger partial charge in [-0.3, -0.25) is 37.4 Å². The lowest BCUT2D eigenvalue weighted by Gasteiger charge is -2.39. The molecule has 4 saturated heterocycles. The highest BCUT2D eigenvalue weighted by molar-refractivity contribution is 6.08. The summed E-state index contributed by atoms with van der Waals surface area (Å²) in [6.45, 7) is 15.8. The molecule has 114 heavy (non-hydrogen) atoms. The predicted octanol–water partition coefficient (Wildman–Crippen LogP) is 13.9. The number of pyridine rings is 6. The second kappa shape index (κ2) is 32.1. The zero-order valence-electron chi connectivity index (χ0n) is 64.0. The molecule has 0 aliphatic carbocycles. The summed E-state index contributed by atoms with van der Waals surface area (Å²) >= 11 is 0. The molecule has 0 saturated carbocycles. The summed E-state index contributed by atoms with van der Waals surface area (Å²) in [5, 5.41) is 19.0. The average Bonchev–Trinajstić information content (AvgIpc) is 1.60. The highest BCUT2D eigenvalue weighted by atomic mass is 19.1. The van der Waals surface area contributed by atoms with Crippen LogP contribution in [0.15, 0.2) is 153 Å². The lowest BCUT2D eigenvalue weighted by atomic mass is 9.94. The first-order valence-electron chi connectivity index (χ1n) is 39.2. The van der Waals surface area contributed by atoms with Crippen LogP contribution in [0, 0.1) is 17.5 Å². The molecule has 7 aliphatic heterocycles. The quantitative estimate of drug-likeness (QED) is 0.0388. The van der Waals surface area contributed by atoms with E-state index in [4.69, 9.17) is 19.4 Å². The second-order valence-electron chi connectivity index (χ2n) is 30.5. The van der Waals surface area contributed by atoms with Crippen LogP contribution in [0.3, 0.4) is 0 Å². The molecule has 28 heteroatoms. The lowest BCUT2D eigenvalue weighted by molar-refractivity contribution is 0.0958. The number of hydrogen-bond acceptors (Lipinski definition) is 18. The average molecular weight is 1540 g/mol. The Kier molecular flexibility index (Phi) is 21.1. The summed E-state index contributed by atoms with van der Waals surface area (Å²) in [4.78, 5) is 75.2. The van der Waals surface area contributed by atoms with Gasteiger partial charge in [0.25, 0.3) is 17.7 Å². The number of alkyl halides is 1. The molecular formula is C86H89F4N19O5. The van der Waals surface area contributed by atoms with E-state index in [1.807, 2.05) is 93.4 Å². The van der Waals surface area contributed by atoms with Crippen LogP contribution in [-0.2, 0) is 42.2 Å². The summed E-state index contributed by atoms with van der Waals surface area (Å²) in [5.41, 5.74) is 17.3. The van der Waals surface area contributed by atoms with Crippen LogP contribution in [0.25, 0.3) is 50.7 Å². The van der Waals surface area contributed by atoms with Crippen LogP contribution in [0.5, 0.6) is 0 Å². The number of ether oxygens (including phenoxy) is 2. The molecule has 12 aromatic rings. The lowest BCUT2D eigenvalue weighted by Crippen LogP contribution is -2.50. The third-order valence-electron chi connectivity index (χ3n) is 22.8. The minimum absolute atomic E-state index is 0.124. The molecule has 4 fully saturated rings. The van der Waals surface area contributed by atoms with Crippen molar-refractivity contribution in [3.8, 4) is 33.8 Å². The zero-order chi connectivity index (χ0) is 78.3. The number of anilines is 7. The Hall–Kier alpha value is -11.7. The largest absolute Gasteiger partial charge is 0.381 e. The molecular weight excluding hydrogens is 1460 g/mol. The van der Waals surface area contributed by atoms with Gasteiger partial charge in [-0.15, -0.1) is 0 Å². The molecule has 0 spiro atoms. The first kappa shape index (κ1) is 75.0. The Morgan fingerprint density at radius 2 is 0.974 bits per heavy atom. The van der Waals surface area contributed by atoms with Gasteiger partial charge in [0.2, 0.25) is 0 Å². The number of imidazole rings is 3. The van der Waals surface area contributed by atoms with Crippen LogP contribution < -0.4 is 36.8 Å². The van der Waals surface area contributed by atoms with Crippen LogP contribution in [0.1, 0.15) is 134 Å². The van der Waals surface area contributed by atoms with Gasteiger partial charge < -0.3 is 51.2 Å². The van der Waals surface area contributed by atoms with Gasteiger partial charge in [-0.1, -0.05) is 44.2 Å². The van der Waals surface area contributed by atoms with Gasteiger partial charge in [0.05, 0.1) is 112 Å². The van der Waals surface area contributed by atoms with Crippen molar-refractivity contribution < 1.29 is 41.4 Å². The van der Waals surface area contributed by atoms with Gasteiger partial charge >= 0.3 is 0 Å². The summed E-state index contributed by atoms with van der Waals surface area (Å²) < 4.78 is 73.2. The third kappa shape index (κ3) is 15.3. The summed E-state index contributed by atoms with van der Waals surface area (Å²) in [6, 6.07) is 32.0. The number of hydrogen-bond donors (Lipinski definition) is 6. The van der Waals surface area contributed by atoms with E-state index in [0.29, 0.717) is 108 Å². The standard InChI is InChI=1S/C29H29FN6O2.C29H31FN6O2.C28H29F2N7O/c30-19-7-11-36-25(15-31-27(36)13-19)21-3-5-23(28-22(21)14-32-29(28)37)33-26-6-4-20(18-8-12-38-17-18)24(34-26)16-35-9-1-2-10-35;1-3-35(4-2)16-24-20(18-10-12-38-17-18)6-8-26(34-24)33-23-7-5-21(22-14-32-29(37)28(22)23)25-15-31-27-13-19(30)9-11-36(25)27;1-35(2)16-28(30)9-3-10-36(17-28)19-4-7-24(31-13-19)34-22-6-5-20(21-14-33-27(38)26(21)22)23-15-32-25-12-18(29)8-11-37(23)25/h3-7,11,13,15,18H,1-2,8-10,12,14,16-17H2,(H,32,37)(H,33,34);5-9,11,13,15,18H,3-4,10,12,14,16-17H2,1-2H3,(H,32,37)(H,33,34);4-8,11-13,15H,3,9-10,14,16-17H2,1-2H3,(H,31,34)(H,33,38). The zero-order valence-corrected chi connectivity index (χ0v) is 64.0. The Morgan fingerprint density at radius 1 is 0.526 bits per heavy atom. The molecule has 0 radical (unpaired) electrons. The van der Waals surface area contributed by atoms with E-state index in [1.165, 1.54) is 60.4 Å². The van der Waals surface area contributed by atoms with Gasteiger partial charge in [0, 0.05) is 124 Å². The van der Waals surface area contributed by atoms with E-state index in [-0.39, 0.29) is 35.2 Å². The first-order chi connectivity index (χ1) is 55.5. The van der Waals surface area contributed by atoms with Crippen LogP contribution in [0.4, 0.5) is 57.8 Å². The molecule has 6 N–H and O–H groups in total. The van der Waals surface area contributed by atoms with Gasteiger partial charge in [0.1, 0.15) is 57.5 Å². The second-order valence-corrected chi connectivity index (χ2v) is 30.5. The summed E-state index contributed by atoms with van der Waals surface area (Å²) in [6.07, 6.45) is 17.7. The molecule has 3 aromatic carbocycles. The molecule has 9 aromatic heterocycles. The number of likely N-dealkylation sites (tertiary alicyclic amines) is 1. The van der Waals surface area contributed by atoms with Crippen molar-refractivity contribution in [3.63, 3.8) is 0 Å². The van der Waals surface area contributed by atoms with E-state index < -0.39 is 5.67 Å². The number of benzene rings is 3. The first-order valence-corrected chi connectivity index (χ1v) is 39.2. The molecule has 16 heterocycles.